The predicted molar refractivity (Wildman–Crippen MR) is 177 cm³/mol. The summed E-state index contributed by atoms with van der Waals surface area (Å²) in [5.41, 5.74) is 11.3. The molecular weight excluding hydrogens is 543 g/mol. The minimum absolute atomic E-state index is 0.549. The van der Waals surface area contributed by atoms with Crippen molar-refractivity contribution in [2.24, 2.45) is 0 Å². The van der Waals surface area contributed by atoms with Crippen molar-refractivity contribution in [2.45, 2.75) is 5.41 Å². The summed E-state index contributed by atoms with van der Waals surface area (Å²) in [6.45, 7) is 0. The van der Waals surface area contributed by atoms with E-state index < -0.39 is 5.41 Å². The van der Waals surface area contributed by atoms with E-state index in [0.29, 0.717) is 0 Å². The predicted octanol–water partition coefficient (Wildman–Crippen LogP) is 9.67. The Morgan fingerprint density at radius 3 is 2.07 bits per heavy atom. The number of hydrogen-bond donors (Lipinski definition) is 0. The lowest BCUT2D eigenvalue weighted by Gasteiger charge is -2.32. The summed E-state index contributed by atoms with van der Waals surface area (Å²) in [5, 5.41) is 5.53. The van der Waals surface area contributed by atoms with E-state index in [2.05, 4.69) is 137 Å². The molecule has 9 rings (SSSR count). The van der Waals surface area contributed by atoms with Crippen molar-refractivity contribution in [1.82, 2.24) is 14.5 Å². The van der Waals surface area contributed by atoms with Crippen LogP contribution in [-0.4, -0.2) is 14.5 Å². The van der Waals surface area contributed by atoms with Crippen LogP contribution >= 0.6 is 11.3 Å². The third-order valence-corrected chi connectivity index (χ3v) is 9.71. The highest BCUT2D eigenvalue weighted by Gasteiger charge is 2.47. The van der Waals surface area contributed by atoms with Gasteiger partial charge in [-0.3, -0.25) is 4.98 Å². The quantitative estimate of drug-likeness (QED) is 0.212. The molecule has 3 aromatic heterocycles. The van der Waals surface area contributed by atoms with Gasteiger partial charge in [-0.1, -0.05) is 97.1 Å². The highest BCUT2D eigenvalue weighted by Crippen LogP contribution is 2.56. The topological polar surface area (TPSA) is 30.7 Å². The summed E-state index contributed by atoms with van der Waals surface area (Å²) in [5.74, 6) is 0. The van der Waals surface area contributed by atoms with Gasteiger partial charge < -0.3 is 4.57 Å². The Hall–Kier alpha value is -5.32. The average molecular weight is 568 g/mol. The minimum Gasteiger partial charge on any atom is -0.309 e. The molecule has 4 heteroatoms. The van der Waals surface area contributed by atoms with E-state index in [1.807, 2.05) is 23.8 Å². The molecule has 0 unspecified atom stereocenters. The normalized spacial score (nSPS) is 13.3. The Morgan fingerprint density at radius 2 is 1.30 bits per heavy atom. The van der Waals surface area contributed by atoms with Gasteiger partial charge in [-0.15, -0.1) is 11.3 Å². The molecule has 0 aliphatic heterocycles. The van der Waals surface area contributed by atoms with Crippen LogP contribution in [0.3, 0.4) is 0 Å². The van der Waals surface area contributed by atoms with Crippen molar-refractivity contribution < 1.29 is 0 Å². The molecule has 3 heterocycles. The van der Waals surface area contributed by atoms with Gasteiger partial charge in [-0.25, -0.2) is 4.98 Å². The van der Waals surface area contributed by atoms with Crippen LogP contribution in [0.2, 0.25) is 0 Å². The first-order chi connectivity index (χ1) is 21.3. The van der Waals surface area contributed by atoms with E-state index >= 15 is 0 Å². The summed E-state index contributed by atoms with van der Waals surface area (Å²) in [7, 11) is 0. The lowest BCUT2D eigenvalue weighted by Crippen LogP contribution is -2.29. The Balaban J connectivity index is 1.39. The molecule has 0 atom stereocenters. The van der Waals surface area contributed by atoms with Crippen molar-refractivity contribution in [3.05, 3.63) is 174 Å². The second-order valence-corrected chi connectivity index (χ2v) is 11.9. The molecule has 0 radical (unpaired) electrons. The molecule has 8 aromatic rings. The maximum atomic E-state index is 5.04. The lowest BCUT2D eigenvalue weighted by atomic mass is 9.69. The van der Waals surface area contributed by atoms with Gasteiger partial charge in [0.25, 0.3) is 0 Å². The molecule has 5 aromatic carbocycles. The van der Waals surface area contributed by atoms with Gasteiger partial charge in [0.2, 0.25) is 0 Å². The zero-order valence-corrected chi connectivity index (χ0v) is 24.0. The number of pyridine rings is 1. The monoisotopic (exact) mass is 567 g/mol. The molecule has 0 fully saturated rings. The standard InChI is InChI=1S/C39H25N3S/c1-4-15-33-29(12-1)30-13-2-5-16-34(30)39(33,37-18-7-8-21-40-37)27-19-20-32-31-14-3-6-17-35(31)42(36(32)25-27)28-11-9-10-26(24-28)38-41-22-23-43-38/h1-25H. The van der Waals surface area contributed by atoms with Crippen LogP contribution in [0.25, 0.3) is 49.2 Å². The van der Waals surface area contributed by atoms with Gasteiger partial charge in [0, 0.05) is 39.8 Å². The summed E-state index contributed by atoms with van der Waals surface area (Å²) in [6.07, 6.45) is 3.79. The number of hydrogen-bond acceptors (Lipinski definition) is 3. The van der Waals surface area contributed by atoms with Gasteiger partial charge in [-0.05, 0) is 64.2 Å². The average Bonchev–Trinajstić information content (AvgIpc) is 3.80. The van der Waals surface area contributed by atoms with Crippen molar-refractivity contribution in [1.29, 1.82) is 0 Å². The van der Waals surface area contributed by atoms with Crippen molar-refractivity contribution in [3.63, 3.8) is 0 Å². The first kappa shape index (κ1) is 24.3. The first-order valence-corrected chi connectivity index (χ1v) is 15.4. The molecule has 1 aliphatic carbocycles. The molecule has 0 saturated carbocycles. The van der Waals surface area contributed by atoms with Crippen LogP contribution in [0.4, 0.5) is 0 Å². The Bertz CT molecular complexity index is 2250. The van der Waals surface area contributed by atoms with Gasteiger partial charge in [-0.2, -0.15) is 0 Å². The SMILES string of the molecule is c1ccc(C2(c3ccc4c5ccccc5n(-c5cccc(-c6nccs6)c5)c4c3)c3ccccc3-c3ccccc32)nc1. The molecule has 1 aliphatic rings. The molecule has 0 amide bonds. The third kappa shape index (κ3) is 3.41. The van der Waals surface area contributed by atoms with Gasteiger partial charge >= 0.3 is 0 Å². The van der Waals surface area contributed by atoms with E-state index in [9.17, 15) is 0 Å². The molecule has 0 spiro atoms. The molecule has 0 N–H and O–H groups in total. The van der Waals surface area contributed by atoms with Gasteiger partial charge in [0.1, 0.15) is 5.01 Å². The van der Waals surface area contributed by atoms with Crippen molar-refractivity contribution in [3.8, 4) is 27.4 Å². The zero-order chi connectivity index (χ0) is 28.4. The van der Waals surface area contributed by atoms with Crippen molar-refractivity contribution in [2.75, 3.05) is 0 Å². The van der Waals surface area contributed by atoms with Gasteiger partial charge in [0.05, 0.1) is 22.1 Å². The van der Waals surface area contributed by atoms with E-state index in [1.165, 1.54) is 49.6 Å². The number of fused-ring (bicyclic) bond motifs is 6. The molecule has 0 bridgehead atoms. The minimum atomic E-state index is -0.549. The fourth-order valence-electron chi connectivity index (χ4n) is 7.18. The summed E-state index contributed by atoms with van der Waals surface area (Å²) in [4.78, 5) is 9.63. The van der Waals surface area contributed by atoms with Crippen LogP contribution in [0, 0.1) is 0 Å². The van der Waals surface area contributed by atoms with Crippen LogP contribution < -0.4 is 0 Å². The zero-order valence-electron chi connectivity index (χ0n) is 23.2. The smallest absolute Gasteiger partial charge is 0.123 e. The van der Waals surface area contributed by atoms with Crippen LogP contribution in [-0.2, 0) is 5.41 Å². The van der Waals surface area contributed by atoms with E-state index in [-0.39, 0.29) is 0 Å². The number of nitrogens with zero attached hydrogens (tertiary/aromatic N) is 3. The Morgan fingerprint density at radius 1 is 0.558 bits per heavy atom. The number of para-hydroxylation sites is 1. The fraction of sp³-hybridized carbons (Fsp3) is 0.0256. The highest BCUT2D eigenvalue weighted by atomic mass is 32.1. The number of thiazole rings is 1. The lowest BCUT2D eigenvalue weighted by molar-refractivity contribution is 0.735. The number of benzene rings is 5. The van der Waals surface area contributed by atoms with Crippen LogP contribution in [0.1, 0.15) is 22.4 Å². The molecule has 202 valence electrons. The molecule has 43 heavy (non-hydrogen) atoms. The van der Waals surface area contributed by atoms with Gasteiger partial charge in [0.15, 0.2) is 0 Å². The second kappa shape index (κ2) is 9.35. The van der Waals surface area contributed by atoms with E-state index in [0.717, 1.165) is 22.0 Å². The van der Waals surface area contributed by atoms with Crippen molar-refractivity contribution >= 4 is 33.1 Å². The van der Waals surface area contributed by atoms with Crippen LogP contribution in [0.5, 0.6) is 0 Å². The van der Waals surface area contributed by atoms with Crippen LogP contribution in [0.15, 0.2) is 151 Å². The fourth-order valence-corrected chi connectivity index (χ4v) is 7.82. The molecule has 0 saturated heterocycles. The van der Waals surface area contributed by atoms with E-state index in [1.54, 1.807) is 11.3 Å². The largest absolute Gasteiger partial charge is 0.309 e. The molecular formula is C39H25N3S. The number of aromatic nitrogens is 3. The summed E-state index contributed by atoms with van der Waals surface area (Å²) in [6, 6.07) is 48.4. The van der Waals surface area contributed by atoms with E-state index in [4.69, 9.17) is 4.98 Å². The Labute approximate surface area is 253 Å². The summed E-state index contributed by atoms with van der Waals surface area (Å²) < 4.78 is 2.41. The third-order valence-electron chi connectivity index (χ3n) is 8.89. The second-order valence-electron chi connectivity index (χ2n) is 11.0. The Kier molecular flexibility index (Phi) is 5.28. The maximum absolute atomic E-state index is 5.04. The maximum Gasteiger partial charge on any atom is 0.123 e. The number of rotatable bonds is 4. The first-order valence-electron chi connectivity index (χ1n) is 14.5. The summed E-state index contributed by atoms with van der Waals surface area (Å²) >= 11 is 1.67. The molecule has 3 nitrogen and oxygen atoms in total. The highest BCUT2D eigenvalue weighted by molar-refractivity contribution is 7.13.